The van der Waals surface area contributed by atoms with Gasteiger partial charge in [0.05, 0.1) is 17.1 Å². The lowest BCUT2D eigenvalue weighted by Crippen LogP contribution is -2.67. The van der Waals surface area contributed by atoms with Gasteiger partial charge in [0, 0.05) is 31.1 Å². The first kappa shape index (κ1) is 27.8. The van der Waals surface area contributed by atoms with Crippen molar-refractivity contribution in [2.45, 2.75) is 48.8 Å². The van der Waals surface area contributed by atoms with E-state index >= 15 is 0 Å². The van der Waals surface area contributed by atoms with Crippen molar-refractivity contribution in [2.75, 3.05) is 26.2 Å². The standard InChI is InChI=1S/C29H30F4N2O3S/c1-19-7-2-3-10-26(19)39(37,38)34-15-4-5-16-35-24(17-34)27(25(35)18-36)21-13-11-20(12-14-21)22-8-6-9-23(30)28(22)29(31,32)33/h2-3,6-14,24-25,27,36H,4-5,15-18H2,1H3/t24-,25+,27?/m0/s1. The Morgan fingerprint density at radius 3 is 2.31 bits per heavy atom. The number of hydrogen-bond acceptors (Lipinski definition) is 4. The van der Waals surface area contributed by atoms with Crippen LogP contribution < -0.4 is 0 Å². The van der Waals surface area contributed by atoms with Crippen LogP contribution in [0.25, 0.3) is 11.1 Å². The van der Waals surface area contributed by atoms with Gasteiger partial charge in [0.1, 0.15) is 5.82 Å². The fourth-order valence-corrected chi connectivity index (χ4v) is 7.77. The van der Waals surface area contributed by atoms with Gasteiger partial charge in [-0.3, -0.25) is 4.90 Å². The predicted molar refractivity (Wildman–Crippen MR) is 140 cm³/mol. The summed E-state index contributed by atoms with van der Waals surface area (Å²) in [6.07, 6.45) is -3.38. The maximum atomic E-state index is 14.1. The molecule has 2 aliphatic rings. The zero-order valence-corrected chi connectivity index (χ0v) is 22.2. The van der Waals surface area contributed by atoms with Crippen LogP contribution in [0.4, 0.5) is 17.6 Å². The summed E-state index contributed by atoms with van der Waals surface area (Å²) in [5.41, 5.74) is 0.129. The Labute approximate surface area is 225 Å². The van der Waals surface area contributed by atoms with E-state index in [-0.39, 0.29) is 47.2 Å². The van der Waals surface area contributed by atoms with E-state index < -0.39 is 27.6 Å². The maximum Gasteiger partial charge on any atom is 0.419 e. The van der Waals surface area contributed by atoms with Gasteiger partial charge in [0.2, 0.25) is 10.0 Å². The van der Waals surface area contributed by atoms with Crippen LogP contribution in [-0.2, 0) is 16.2 Å². The van der Waals surface area contributed by atoms with Crippen LogP contribution in [0.3, 0.4) is 0 Å². The molecule has 0 radical (unpaired) electrons. The summed E-state index contributed by atoms with van der Waals surface area (Å²) in [7, 11) is -3.75. The number of hydrogen-bond donors (Lipinski definition) is 1. The average molecular weight is 563 g/mol. The van der Waals surface area contributed by atoms with Crippen LogP contribution in [0.2, 0.25) is 0 Å². The number of aryl methyl sites for hydroxylation is 1. The lowest BCUT2D eigenvalue weighted by atomic mass is 9.74. The lowest BCUT2D eigenvalue weighted by Gasteiger charge is -2.57. The van der Waals surface area contributed by atoms with Gasteiger partial charge in [-0.15, -0.1) is 0 Å². The van der Waals surface area contributed by atoms with Crippen LogP contribution >= 0.6 is 0 Å². The third-order valence-electron chi connectivity index (χ3n) is 7.95. The highest BCUT2D eigenvalue weighted by molar-refractivity contribution is 7.89. The number of sulfonamides is 1. The van der Waals surface area contributed by atoms with E-state index in [1.54, 1.807) is 43.3 Å². The quantitative estimate of drug-likeness (QED) is 0.421. The van der Waals surface area contributed by atoms with Crippen LogP contribution in [0.5, 0.6) is 0 Å². The molecule has 0 amide bonds. The topological polar surface area (TPSA) is 60.9 Å². The molecule has 2 aliphatic heterocycles. The van der Waals surface area contributed by atoms with Crippen molar-refractivity contribution in [1.82, 2.24) is 9.21 Å². The fraction of sp³-hybridized carbons (Fsp3) is 0.379. The Morgan fingerprint density at radius 2 is 1.64 bits per heavy atom. The second-order valence-corrected chi connectivity index (χ2v) is 12.1. The molecule has 3 atom stereocenters. The first-order valence-corrected chi connectivity index (χ1v) is 14.4. The number of nitrogens with zero attached hydrogens (tertiary/aromatic N) is 2. The number of halogens is 4. The molecule has 5 nitrogen and oxygen atoms in total. The van der Waals surface area contributed by atoms with Gasteiger partial charge in [0.25, 0.3) is 0 Å². The highest BCUT2D eigenvalue weighted by Gasteiger charge is 2.50. The Balaban J connectivity index is 1.46. The van der Waals surface area contributed by atoms with Crippen LogP contribution in [-0.4, -0.2) is 61.1 Å². The van der Waals surface area contributed by atoms with E-state index in [0.717, 1.165) is 24.6 Å². The van der Waals surface area contributed by atoms with Gasteiger partial charge >= 0.3 is 6.18 Å². The number of aliphatic hydroxyl groups excluding tert-OH is 1. The molecule has 2 fully saturated rings. The molecule has 1 unspecified atom stereocenters. The number of alkyl halides is 3. The molecule has 3 aromatic carbocycles. The van der Waals surface area contributed by atoms with Gasteiger partial charge in [-0.1, -0.05) is 54.6 Å². The maximum absolute atomic E-state index is 14.1. The third kappa shape index (κ3) is 5.11. The van der Waals surface area contributed by atoms with Gasteiger partial charge < -0.3 is 5.11 Å². The second-order valence-electron chi connectivity index (χ2n) is 10.2. The molecule has 0 bridgehead atoms. The molecule has 39 heavy (non-hydrogen) atoms. The van der Waals surface area contributed by atoms with Crippen molar-refractivity contribution >= 4 is 10.0 Å². The van der Waals surface area contributed by atoms with Crippen molar-refractivity contribution in [2.24, 2.45) is 0 Å². The van der Waals surface area contributed by atoms with E-state index in [4.69, 9.17) is 0 Å². The average Bonchev–Trinajstić information content (AvgIpc) is 2.87. The smallest absolute Gasteiger partial charge is 0.395 e. The van der Waals surface area contributed by atoms with E-state index in [9.17, 15) is 31.1 Å². The number of rotatable bonds is 5. The fourth-order valence-electron chi connectivity index (χ4n) is 6.05. The molecule has 10 heteroatoms. The number of aliphatic hydroxyl groups is 1. The summed E-state index contributed by atoms with van der Waals surface area (Å²) in [4.78, 5) is 2.40. The molecule has 1 N–H and O–H groups in total. The van der Waals surface area contributed by atoms with E-state index in [1.165, 1.54) is 28.6 Å². The van der Waals surface area contributed by atoms with Crippen molar-refractivity contribution in [1.29, 1.82) is 0 Å². The minimum Gasteiger partial charge on any atom is -0.395 e. The van der Waals surface area contributed by atoms with Crippen molar-refractivity contribution < 1.29 is 31.1 Å². The number of fused-ring (bicyclic) bond motifs is 1. The summed E-state index contributed by atoms with van der Waals surface area (Å²) in [5, 5.41) is 10.2. The first-order valence-electron chi connectivity index (χ1n) is 12.9. The molecule has 2 heterocycles. The van der Waals surface area contributed by atoms with E-state index in [2.05, 4.69) is 4.90 Å². The molecule has 5 rings (SSSR count). The van der Waals surface area contributed by atoms with Crippen molar-refractivity contribution in [3.05, 3.63) is 89.2 Å². The normalized spacial score (nSPS) is 23.0. The summed E-state index contributed by atoms with van der Waals surface area (Å²) in [5.74, 6) is -1.55. The Kier molecular flexibility index (Phi) is 7.58. The van der Waals surface area contributed by atoms with Crippen LogP contribution in [0.1, 0.15) is 35.4 Å². The lowest BCUT2D eigenvalue weighted by molar-refractivity contribution is -0.139. The Hall–Kier alpha value is -2.79. The Bertz CT molecular complexity index is 1440. The monoisotopic (exact) mass is 562 g/mol. The molecule has 0 saturated carbocycles. The molecular formula is C29H30F4N2O3S. The summed E-state index contributed by atoms with van der Waals surface area (Å²) >= 11 is 0. The highest BCUT2D eigenvalue weighted by atomic mass is 32.2. The molecule has 0 spiro atoms. The minimum absolute atomic E-state index is 0.129. The molecule has 0 aromatic heterocycles. The van der Waals surface area contributed by atoms with E-state index in [1.807, 2.05) is 0 Å². The summed E-state index contributed by atoms with van der Waals surface area (Å²) in [6.45, 7) is 2.98. The van der Waals surface area contributed by atoms with Crippen molar-refractivity contribution in [3.8, 4) is 11.1 Å². The zero-order valence-electron chi connectivity index (χ0n) is 21.4. The van der Waals surface area contributed by atoms with Crippen LogP contribution in [0, 0.1) is 12.7 Å². The summed E-state index contributed by atoms with van der Waals surface area (Å²) < 4.78 is 83.6. The predicted octanol–water partition coefficient (Wildman–Crippen LogP) is 5.43. The van der Waals surface area contributed by atoms with Crippen LogP contribution in [0.15, 0.2) is 71.6 Å². The van der Waals surface area contributed by atoms with Gasteiger partial charge in [-0.05, 0) is 60.7 Å². The second kappa shape index (κ2) is 10.6. The SMILES string of the molecule is Cc1ccccc1S(=O)(=O)N1CCCCN2[C@H](CO)C(c3ccc(-c4cccc(F)c4C(F)(F)F)cc3)[C@@H]2C1. The minimum atomic E-state index is -4.85. The molecular weight excluding hydrogens is 532 g/mol. The van der Waals surface area contributed by atoms with Gasteiger partial charge in [0.15, 0.2) is 0 Å². The number of benzene rings is 3. The first-order chi connectivity index (χ1) is 18.5. The summed E-state index contributed by atoms with van der Waals surface area (Å²) in [6, 6.07) is 16.2. The molecule has 0 aliphatic carbocycles. The van der Waals surface area contributed by atoms with Crippen molar-refractivity contribution in [3.63, 3.8) is 0 Å². The third-order valence-corrected chi connectivity index (χ3v) is 9.97. The van der Waals surface area contributed by atoms with E-state index in [0.29, 0.717) is 18.5 Å². The molecule has 2 saturated heterocycles. The van der Waals surface area contributed by atoms with Gasteiger partial charge in [-0.2, -0.15) is 17.5 Å². The highest BCUT2D eigenvalue weighted by Crippen LogP contribution is 2.44. The largest absolute Gasteiger partial charge is 0.419 e. The Morgan fingerprint density at radius 1 is 0.949 bits per heavy atom. The molecule has 3 aromatic rings. The molecule has 208 valence electrons. The zero-order chi connectivity index (χ0) is 27.9. The van der Waals surface area contributed by atoms with Gasteiger partial charge in [-0.25, -0.2) is 12.8 Å².